The van der Waals surface area contributed by atoms with Crippen LogP contribution in [0.4, 0.5) is 0 Å². The van der Waals surface area contributed by atoms with Crippen LogP contribution >= 0.6 is 0 Å². The fraction of sp³-hybridized carbons (Fsp3) is 0.706. The summed E-state index contributed by atoms with van der Waals surface area (Å²) in [5.41, 5.74) is 0.375. The molecule has 5 rings (SSSR count). The van der Waals surface area contributed by atoms with Crippen molar-refractivity contribution in [1.82, 2.24) is 9.88 Å². The smallest absolute Gasteiger partial charge is 0.306 e. The molecule has 6 heteroatoms. The molecule has 1 N–H and O–H groups in total. The van der Waals surface area contributed by atoms with Gasteiger partial charge in [-0.1, -0.05) is 6.42 Å². The van der Waals surface area contributed by atoms with Gasteiger partial charge in [0.25, 0.3) is 5.91 Å². The Morgan fingerprint density at radius 3 is 2.74 bits per heavy atom. The first-order chi connectivity index (χ1) is 11.1. The van der Waals surface area contributed by atoms with Crippen LogP contribution in [-0.4, -0.2) is 40.0 Å². The maximum Gasteiger partial charge on any atom is 0.306 e. The first kappa shape index (κ1) is 14.7. The Balaban J connectivity index is 1.50. The zero-order valence-electron chi connectivity index (χ0n) is 13.1. The van der Waals surface area contributed by atoms with Crippen LogP contribution in [0.1, 0.15) is 60.8 Å². The number of carbonyl (C=O) groups is 2. The number of aromatic nitrogens is 1. The number of carboxylic acid groups (broad SMARTS) is 1. The highest BCUT2D eigenvalue weighted by atomic mass is 16.4. The van der Waals surface area contributed by atoms with E-state index in [-0.39, 0.29) is 23.7 Å². The Bertz CT molecular complexity index is 622. The van der Waals surface area contributed by atoms with Crippen molar-refractivity contribution in [1.29, 1.82) is 0 Å². The lowest BCUT2D eigenvalue weighted by Crippen LogP contribution is -2.36. The molecule has 3 atom stereocenters. The van der Waals surface area contributed by atoms with Gasteiger partial charge < -0.3 is 14.4 Å². The SMILES string of the molecule is O=C(O)C1CC2CCC1CN(C(=O)c1coc(C3CCC3)n1)C2. The third kappa shape index (κ3) is 2.64. The topological polar surface area (TPSA) is 83.6 Å². The third-order valence-electron chi connectivity index (χ3n) is 5.84. The summed E-state index contributed by atoms with van der Waals surface area (Å²) in [5.74, 6) is 0.262. The molecule has 3 heterocycles. The van der Waals surface area contributed by atoms with Crippen LogP contribution in [0, 0.1) is 17.8 Å². The Kier molecular flexibility index (Phi) is 3.62. The fourth-order valence-corrected chi connectivity index (χ4v) is 4.23. The second kappa shape index (κ2) is 5.65. The molecule has 23 heavy (non-hydrogen) atoms. The van der Waals surface area contributed by atoms with E-state index in [2.05, 4.69) is 4.98 Å². The highest BCUT2D eigenvalue weighted by Gasteiger charge is 2.41. The molecule has 2 aliphatic carbocycles. The van der Waals surface area contributed by atoms with E-state index < -0.39 is 5.97 Å². The van der Waals surface area contributed by atoms with Gasteiger partial charge in [0.15, 0.2) is 11.6 Å². The van der Waals surface area contributed by atoms with Crippen LogP contribution in [0.5, 0.6) is 0 Å². The summed E-state index contributed by atoms with van der Waals surface area (Å²) in [6, 6.07) is 0. The van der Waals surface area contributed by atoms with Crippen molar-refractivity contribution < 1.29 is 19.1 Å². The van der Waals surface area contributed by atoms with Crippen LogP contribution in [0.3, 0.4) is 0 Å². The highest BCUT2D eigenvalue weighted by Crippen LogP contribution is 2.39. The number of aliphatic carboxylic acids is 1. The van der Waals surface area contributed by atoms with Crippen molar-refractivity contribution in [3.63, 3.8) is 0 Å². The lowest BCUT2D eigenvalue weighted by molar-refractivity contribution is -0.145. The molecule has 0 radical (unpaired) electrons. The highest BCUT2D eigenvalue weighted by molar-refractivity contribution is 5.92. The van der Waals surface area contributed by atoms with E-state index in [1.165, 1.54) is 12.7 Å². The molecule has 4 aliphatic rings. The van der Waals surface area contributed by atoms with Gasteiger partial charge in [-0.25, -0.2) is 4.98 Å². The monoisotopic (exact) mass is 318 g/mol. The number of hydrogen-bond donors (Lipinski definition) is 1. The molecule has 2 saturated heterocycles. The van der Waals surface area contributed by atoms with Crippen molar-refractivity contribution in [3.8, 4) is 0 Å². The van der Waals surface area contributed by atoms with E-state index in [9.17, 15) is 14.7 Å². The number of amides is 1. The molecular formula is C17H22N2O4. The Morgan fingerprint density at radius 2 is 2.04 bits per heavy atom. The lowest BCUT2D eigenvalue weighted by Gasteiger charge is -2.28. The van der Waals surface area contributed by atoms with Gasteiger partial charge in [0.05, 0.1) is 5.92 Å². The number of nitrogens with zero attached hydrogens (tertiary/aromatic N) is 2. The molecular weight excluding hydrogens is 296 g/mol. The molecule has 0 aromatic carbocycles. The fourth-order valence-electron chi connectivity index (χ4n) is 4.23. The molecule has 2 saturated carbocycles. The molecule has 4 fully saturated rings. The standard InChI is InChI=1S/C17H22N2O4/c20-16(14-9-23-15(18-14)11-2-1-3-11)19-7-10-4-5-12(8-19)13(6-10)17(21)22/h9-13H,1-8H2,(H,21,22). The molecule has 1 aromatic heterocycles. The average Bonchev–Trinajstić information content (AvgIpc) is 2.76. The summed E-state index contributed by atoms with van der Waals surface area (Å²) < 4.78 is 5.49. The predicted molar refractivity (Wildman–Crippen MR) is 81.0 cm³/mol. The largest absolute Gasteiger partial charge is 0.481 e. The van der Waals surface area contributed by atoms with Crippen LogP contribution in [0.15, 0.2) is 10.7 Å². The molecule has 2 aliphatic heterocycles. The number of oxazole rings is 1. The first-order valence-electron chi connectivity index (χ1n) is 8.59. The second-order valence-corrected chi connectivity index (χ2v) is 7.29. The summed E-state index contributed by atoms with van der Waals surface area (Å²) in [4.78, 5) is 30.4. The van der Waals surface area contributed by atoms with E-state index in [4.69, 9.17) is 4.42 Å². The number of rotatable bonds is 3. The third-order valence-corrected chi connectivity index (χ3v) is 5.84. The molecule has 3 unspecified atom stereocenters. The maximum atomic E-state index is 12.7. The van der Waals surface area contributed by atoms with Crippen LogP contribution in [0.25, 0.3) is 0 Å². The molecule has 124 valence electrons. The van der Waals surface area contributed by atoms with Crippen LogP contribution < -0.4 is 0 Å². The van der Waals surface area contributed by atoms with Gasteiger partial charge in [0.2, 0.25) is 0 Å². The average molecular weight is 318 g/mol. The minimum atomic E-state index is -0.720. The van der Waals surface area contributed by atoms with E-state index in [1.54, 1.807) is 4.90 Å². The Morgan fingerprint density at radius 1 is 1.22 bits per heavy atom. The van der Waals surface area contributed by atoms with Crippen molar-refractivity contribution in [2.24, 2.45) is 17.8 Å². The van der Waals surface area contributed by atoms with Crippen molar-refractivity contribution in [2.45, 2.75) is 44.4 Å². The number of fused-ring (bicyclic) bond motifs is 4. The van der Waals surface area contributed by atoms with Crippen molar-refractivity contribution >= 4 is 11.9 Å². The summed E-state index contributed by atoms with van der Waals surface area (Å²) in [6.45, 7) is 1.17. The van der Waals surface area contributed by atoms with Crippen LogP contribution in [0.2, 0.25) is 0 Å². The number of carboxylic acids is 1. The van der Waals surface area contributed by atoms with Gasteiger partial charge in [-0.2, -0.15) is 0 Å². The quantitative estimate of drug-likeness (QED) is 0.926. The zero-order valence-corrected chi connectivity index (χ0v) is 13.1. The Hall–Kier alpha value is -1.85. The summed E-state index contributed by atoms with van der Waals surface area (Å²) in [6.07, 6.45) is 7.45. The number of carbonyl (C=O) groups excluding carboxylic acids is 1. The zero-order chi connectivity index (χ0) is 16.0. The van der Waals surface area contributed by atoms with Gasteiger partial charge in [0.1, 0.15) is 6.26 Å². The summed E-state index contributed by atoms with van der Waals surface area (Å²) in [5, 5.41) is 9.39. The van der Waals surface area contributed by atoms with Gasteiger partial charge >= 0.3 is 5.97 Å². The molecule has 2 bridgehead atoms. The number of hydrogen-bond acceptors (Lipinski definition) is 4. The van der Waals surface area contributed by atoms with Crippen LogP contribution in [-0.2, 0) is 4.79 Å². The van der Waals surface area contributed by atoms with Gasteiger partial charge in [-0.05, 0) is 43.9 Å². The van der Waals surface area contributed by atoms with Crippen molar-refractivity contribution in [3.05, 3.63) is 17.8 Å². The summed E-state index contributed by atoms with van der Waals surface area (Å²) >= 11 is 0. The van der Waals surface area contributed by atoms with E-state index in [0.29, 0.717) is 37.0 Å². The lowest BCUT2D eigenvalue weighted by atomic mass is 9.76. The molecule has 1 amide bonds. The molecule has 6 nitrogen and oxygen atoms in total. The summed E-state index contributed by atoms with van der Waals surface area (Å²) in [7, 11) is 0. The van der Waals surface area contributed by atoms with Crippen molar-refractivity contribution in [2.75, 3.05) is 13.1 Å². The minimum Gasteiger partial charge on any atom is -0.481 e. The van der Waals surface area contributed by atoms with E-state index in [0.717, 1.165) is 25.7 Å². The van der Waals surface area contributed by atoms with Gasteiger partial charge in [0, 0.05) is 19.0 Å². The minimum absolute atomic E-state index is 0.0632. The normalized spacial score (nSPS) is 30.8. The van der Waals surface area contributed by atoms with E-state index in [1.807, 2.05) is 0 Å². The predicted octanol–water partition coefficient (Wildman–Crippen LogP) is 2.52. The second-order valence-electron chi connectivity index (χ2n) is 7.29. The van der Waals surface area contributed by atoms with E-state index >= 15 is 0 Å². The molecule has 1 aromatic rings. The molecule has 0 spiro atoms. The maximum absolute atomic E-state index is 12.7. The first-order valence-corrected chi connectivity index (χ1v) is 8.59. The Labute approximate surface area is 134 Å². The van der Waals surface area contributed by atoms with Gasteiger partial charge in [-0.15, -0.1) is 0 Å². The van der Waals surface area contributed by atoms with Gasteiger partial charge in [-0.3, -0.25) is 9.59 Å².